The number of hydrogen-bond donors (Lipinski definition) is 3. The number of nitrogens with one attached hydrogen (secondary N) is 2. The highest BCUT2D eigenvalue weighted by Gasteiger charge is 2.54. The summed E-state index contributed by atoms with van der Waals surface area (Å²) in [5.74, 6) is -1.19. The number of aromatic nitrogens is 2. The van der Waals surface area contributed by atoms with Gasteiger partial charge in [0, 0.05) is 17.9 Å². The lowest BCUT2D eigenvalue weighted by Gasteiger charge is -2.49. The summed E-state index contributed by atoms with van der Waals surface area (Å²) in [7, 11) is 0. The molecule has 2 unspecified atom stereocenters. The van der Waals surface area contributed by atoms with Gasteiger partial charge in [-0.2, -0.15) is 0 Å². The molecule has 0 bridgehead atoms. The number of ether oxygens (including phenoxy) is 1. The Hall–Kier alpha value is -2.36. The molecular weight excluding hydrogens is 542 g/mol. The smallest absolute Gasteiger partial charge is 0.407 e. The first-order valence-corrected chi connectivity index (χ1v) is 13.8. The fourth-order valence-electron chi connectivity index (χ4n) is 3.40. The molecule has 1 aromatic rings. The number of aldehydes is 1. The van der Waals surface area contributed by atoms with Gasteiger partial charge < -0.3 is 25.3 Å². The predicted octanol–water partition coefficient (Wildman–Crippen LogP) is 1.07. The molecular formula is C19H22ClN5O7S3. The number of rotatable bonds is 13. The topological polar surface area (TPSA) is 168 Å². The van der Waals surface area contributed by atoms with Gasteiger partial charge >= 0.3 is 12.1 Å². The van der Waals surface area contributed by atoms with E-state index in [1.54, 1.807) is 5.51 Å². The second-order valence-electron chi connectivity index (χ2n) is 7.31. The van der Waals surface area contributed by atoms with Gasteiger partial charge in [0.2, 0.25) is 5.91 Å². The first-order chi connectivity index (χ1) is 16.8. The van der Waals surface area contributed by atoms with Gasteiger partial charge in [-0.05, 0) is 18.4 Å². The van der Waals surface area contributed by atoms with Crippen molar-refractivity contribution >= 4 is 76.6 Å². The van der Waals surface area contributed by atoms with Crippen LogP contribution in [0.4, 0.5) is 4.79 Å². The van der Waals surface area contributed by atoms with Crippen molar-refractivity contribution in [2.45, 2.75) is 41.1 Å². The summed E-state index contributed by atoms with van der Waals surface area (Å²) in [4.78, 5) is 60.8. The Morgan fingerprint density at radius 1 is 1.43 bits per heavy atom. The maximum Gasteiger partial charge on any atom is 0.407 e. The van der Waals surface area contributed by atoms with Gasteiger partial charge in [0.05, 0.1) is 11.9 Å². The van der Waals surface area contributed by atoms with Crippen LogP contribution in [-0.4, -0.2) is 91.8 Å². The molecule has 190 valence electrons. The summed E-state index contributed by atoms with van der Waals surface area (Å²) in [5, 5.41) is 21.9. The van der Waals surface area contributed by atoms with Crippen molar-refractivity contribution in [3.8, 4) is 0 Å². The monoisotopic (exact) mass is 563 g/mol. The predicted molar refractivity (Wildman–Crippen MR) is 129 cm³/mol. The van der Waals surface area contributed by atoms with Crippen molar-refractivity contribution < 1.29 is 33.8 Å². The molecule has 2 aliphatic rings. The molecule has 1 aromatic heterocycles. The van der Waals surface area contributed by atoms with Crippen LogP contribution in [-0.2, 0) is 23.9 Å². The van der Waals surface area contributed by atoms with Crippen LogP contribution in [0.1, 0.15) is 19.3 Å². The highest BCUT2D eigenvalue weighted by atomic mass is 35.5. The lowest BCUT2D eigenvalue weighted by atomic mass is 10.0. The molecule has 0 saturated carbocycles. The van der Waals surface area contributed by atoms with Crippen molar-refractivity contribution in [2.24, 2.45) is 0 Å². The number of carboxylic acids is 1. The third-order valence-electron chi connectivity index (χ3n) is 4.97. The zero-order valence-corrected chi connectivity index (χ0v) is 21.4. The number of fused-ring (bicyclic) bond motifs is 1. The number of carboxylic acid groups (broad SMARTS) is 1. The summed E-state index contributed by atoms with van der Waals surface area (Å²) in [5.41, 5.74) is 2.13. The Labute approximate surface area is 217 Å². The van der Waals surface area contributed by atoms with Crippen LogP contribution in [0.3, 0.4) is 0 Å². The van der Waals surface area contributed by atoms with Gasteiger partial charge in [0.25, 0.3) is 5.91 Å². The standard InChI is InChI=1S/C19H22ClN5O7S3/c20-4-5-32-18(31)22-11(6-26)2-1-3-12(27)23-13-15(28)25-14(17(29)30)10(7-33-16(13)25)8-34-19-24-21-9-35-19/h6,9,11,13,16H,1-5,7-8H2,(H,22,31)(H,23,27)(H,29,30)/t11?,13?,16-/m0/s1. The normalized spacial score (nSPS) is 19.9. The average Bonchev–Trinajstić information content (AvgIpc) is 3.37. The van der Waals surface area contributed by atoms with Crippen molar-refractivity contribution in [3.05, 3.63) is 16.8 Å². The number of thioether (sulfide) groups is 2. The van der Waals surface area contributed by atoms with Crippen LogP contribution in [0.25, 0.3) is 0 Å². The number of β-lactam (4-membered cyclic amide) rings is 1. The minimum absolute atomic E-state index is 0.00934. The molecule has 35 heavy (non-hydrogen) atoms. The quantitative estimate of drug-likeness (QED) is 0.136. The number of halogens is 1. The minimum atomic E-state index is -1.20. The second-order valence-corrected chi connectivity index (χ2v) is 10.8. The summed E-state index contributed by atoms with van der Waals surface area (Å²) >= 11 is 9.51. The fourth-order valence-corrected chi connectivity index (χ4v) is 6.45. The number of carbonyl (C=O) groups excluding carboxylic acids is 4. The van der Waals surface area contributed by atoms with Crippen molar-refractivity contribution in [3.63, 3.8) is 0 Å². The summed E-state index contributed by atoms with van der Waals surface area (Å²) < 4.78 is 5.44. The lowest BCUT2D eigenvalue weighted by molar-refractivity contribution is -0.150. The lowest BCUT2D eigenvalue weighted by Crippen LogP contribution is -2.70. The van der Waals surface area contributed by atoms with Gasteiger partial charge in [-0.15, -0.1) is 33.6 Å². The average molecular weight is 564 g/mol. The van der Waals surface area contributed by atoms with E-state index in [2.05, 4.69) is 20.8 Å². The Bertz CT molecular complexity index is 993. The molecule has 12 nitrogen and oxygen atoms in total. The molecule has 3 atom stereocenters. The number of nitrogens with zero attached hydrogens (tertiary/aromatic N) is 3. The molecule has 0 radical (unpaired) electrons. The van der Waals surface area contributed by atoms with Gasteiger partial charge in [0.1, 0.15) is 35.5 Å². The Kier molecular flexibility index (Phi) is 10.2. The van der Waals surface area contributed by atoms with Crippen LogP contribution in [0.15, 0.2) is 21.1 Å². The van der Waals surface area contributed by atoms with E-state index in [9.17, 15) is 29.1 Å². The van der Waals surface area contributed by atoms with Gasteiger partial charge in [-0.3, -0.25) is 14.5 Å². The Morgan fingerprint density at radius 3 is 2.89 bits per heavy atom. The Balaban J connectivity index is 1.49. The molecule has 2 aliphatic heterocycles. The van der Waals surface area contributed by atoms with E-state index in [1.807, 2.05) is 0 Å². The van der Waals surface area contributed by atoms with Crippen molar-refractivity contribution in [2.75, 3.05) is 24.0 Å². The highest BCUT2D eigenvalue weighted by Crippen LogP contribution is 2.41. The largest absolute Gasteiger partial charge is 0.477 e. The van der Waals surface area contributed by atoms with Crippen molar-refractivity contribution in [1.29, 1.82) is 0 Å². The molecule has 3 N–H and O–H groups in total. The van der Waals surface area contributed by atoms with E-state index in [0.717, 1.165) is 0 Å². The molecule has 1 fully saturated rings. The van der Waals surface area contributed by atoms with Crippen LogP contribution in [0, 0.1) is 0 Å². The number of aliphatic carboxylic acids is 1. The van der Waals surface area contributed by atoms with Gasteiger partial charge in [-0.25, -0.2) is 9.59 Å². The molecule has 3 heterocycles. The highest BCUT2D eigenvalue weighted by molar-refractivity contribution is 8.01. The van der Waals surface area contributed by atoms with Crippen LogP contribution >= 0.6 is 46.5 Å². The first kappa shape index (κ1) is 27.2. The first-order valence-electron chi connectivity index (χ1n) is 10.4. The zero-order chi connectivity index (χ0) is 25.4. The molecule has 3 rings (SSSR count). The van der Waals surface area contributed by atoms with Crippen LogP contribution in [0.5, 0.6) is 0 Å². The van der Waals surface area contributed by atoms with Crippen molar-refractivity contribution in [1.82, 2.24) is 25.7 Å². The van der Waals surface area contributed by atoms with Crippen LogP contribution in [0.2, 0.25) is 0 Å². The molecule has 0 spiro atoms. The number of alkyl halides is 1. The summed E-state index contributed by atoms with van der Waals surface area (Å²) in [6.45, 7) is 0.00934. The number of amides is 3. The summed E-state index contributed by atoms with van der Waals surface area (Å²) in [6, 6.07) is -1.65. The number of carbonyl (C=O) groups is 5. The maximum absolute atomic E-state index is 12.7. The molecule has 3 amide bonds. The maximum atomic E-state index is 12.7. The van der Waals surface area contributed by atoms with E-state index in [1.165, 1.54) is 39.8 Å². The molecule has 0 aromatic carbocycles. The van der Waals surface area contributed by atoms with E-state index in [4.69, 9.17) is 16.3 Å². The third kappa shape index (κ3) is 7.08. The molecule has 1 saturated heterocycles. The fraction of sp³-hybridized carbons (Fsp3) is 0.526. The zero-order valence-electron chi connectivity index (χ0n) is 18.2. The number of hydrogen-bond acceptors (Lipinski definition) is 11. The van der Waals surface area contributed by atoms with E-state index in [0.29, 0.717) is 27.7 Å². The Morgan fingerprint density at radius 2 is 2.23 bits per heavy atom. The van der Waals surface area contributed by atoms with Gasteiger partial charge in [0.15, 0.2) is 4.34 Å². The minimum Gasteiger partial charge on any atom is -0.477 e. The second kappa shape index (κ2) is 13.1. The number of alkyl carbamates (subject to hydrolysis) is 1. The van der Waals surface area contributed by atoms with Crippen LogP contribution < -0.4 is 10.6 Å². The summed E-state index contributed by atoms with van der Waals surface area (Å²) in [6.07, 6.45) is 0.282. The van der Waals surface area contributed by atoms with E-state index < -0.39 is 41.3 Å². The molecule has 0 aliphatic carbocycles. The molecule has 16 heteroatoms. The SMILES string of the molecule is O=CC(CCCC(=O)NC1C(=O)N2C(C(=O)O)=C(CSc3nncs3)CS[C@@H]12)NC(=O)OCCCl. The van der Waals surface area contributed by atoms with E-state index in [-0.39, 0.29) is 37.4 Å². The third-order valence-corrected chi connectivity index (χ3v) is 8.41. The van der Waals surface area contributed by atoms with Gasteiger partial charge in [-0.1, -0.05) is 23.1 Å². The van der Waals surface area contributed by atoms with E-state index >= 15 is 0 Å².